The Morgan fingerprint density at radius 3 is 2.67 bits per heavy atom. The van der Waals surface area contributed by atoms with Crippen molar-refractivity contribution in [1.82, 2.24) is 9.78 Å². The van der Waals surface area contributed by atoms with Crippen molar-refractivity contribution in [3.8, 4) is 5.69 Å². The molecule has 0 radical (unpaired) electrons. The van der Waals surface area contributed by atoms with Gasteiger partial charge in [-0.25, -0.2) is 13.5 Å². The van der Waals surface area contributed by atoms with Gasteiger partial charge in [0.05, 0.1) is 28.8 Å². The van der Waals surface area contributed by atoms with Crippen molar-refractivity contribution in [2.45, 2.75) is 13.8 Å². The molecule has 0 spiro atoms. The molecule has 0 atom stereocenters. The average Bonchev–Trinajstić information content (AvgIpc) is 2.92. The van der Waals surface area contributed by atoms with Gasteiger partial charge in [-0.2, -0.15) is 5.10 Å². The zero-order valence-electron chi connectivity index (χ0n) is 13.2. The smallest absolute Gasteiger partial charge is 0.259 e. The molecule has 24 heavy (non-hydrogen) atoms. The van der Waals surface area contributed by atoms with Gasteiger partial charge < -0.3 is 5.32 Å². The first-order valence-electron chi connectivity index (χ1n) is 7.34. The topological polar surface area (TPSA) is 46.9 Å². The van der Waals surface area contributed by atoms with E-state index in [1.54, 1.807) is 11.6 Å². The lowest BCUT2D eigenvalue weighted by molar-refractivity contribution is 0.102. The molecule has 1 heterocycles. The minimum atomic E-state index is -0.700. The lowest BCUT2D eigenvalue weighted by Gasteiger charge is -2.08. The lowest BCUT2D eigenvalue weighted by Crippen LogP contribution is -2.14. The minimum absolute atomic E-state index is 0.206. The van der Waals surface area contributed by atoms with Crippen LogP contribution in [0.4, 0.5) is 14.5 Å². The van der Waals surface area contributed by atoms with Gasteiger partial charge in [0, 0.05) is 6.07 Å². The summed E-state index contributed by atoms with van der Waals surface area (Å²) < 4.78 is 28.5. The van der Waals surface area contributed by atoms with Crippen molar-refractivity contribution < 1.29 is 13.6 Å². The fraction of sp³-hybridized carbons (Fsp3) is 0.111. The van der Waals surface area contributed by atoms with Crippen LogP contribution >= 0.6 is 0 Å². The summed E-state index contributed by atoms with van der Waals surface area (Å²) in [6.07, 6.45) is 1.41. The van der Waals surface area contributed by atoms with Crippen molar-refractivity contribution in [3.63, 3.8) is 0 Å². The maximum Gasteiger partial charge on any atom is 0.259 e. The average molecular weight is 327 g/mol. The molecule has 0 fully saturated rings. The predicted octanol–water partition coefficient (Wildman–Crippen LogP) is 4.02. The first-order chi connectivity index (χ1) is 11.5. The molecule has 3 aromatic rings. The van der Waals surface area contributed by atoms with E-state index in [4.69, 9.17) is 0 Å². The van der Waals surface area contributed by atoms with Gasteiger partial charge in [-0.05, 0) is 43.7 Å². The van der Waals surface area contributed by atoms with E-state index >= 15 is 0 Å². The first kappa shape index (κ1) is 15.9. The van der Waals surface area contributed by atoms with E-state index < -0.39 is 17.5 Å². The van der Waals surface area contributed by atoms with Crippen LogP contribution in [0.2, 0.25) is 0 Å². The highest BCUT2D eigenvalue weighted by Crippen LogP contribution is 2.19. The van der Waals surface area contributed by atoms with Gasteiger partial charge in [-0.15, -0.1) is 0 Å². The second kappa shape index (κ2) is 6.23. The molecule has 2 aromatic carbocycles. The molecule has 0 unspecified atom stereocenters. The fourth-order valence-corrected chi connectivity index (χ4v) is 2.44. The van der Waals surface area contributed by atoms with Crippen molar-refractivity contribution in [1.29, 1.82) is 0 Å². The Bertz CT molecular complexity index is 918. The monoisotopic (exact) mass is 327 g/mol. The molecule has 0 saturated heterocycles. The standard InChI is InChI=1S/C18H15F2N3O/c1-11-4-3-5-14(8-11)23-12(2)15(10-21-23)18(24)22-17-9-13(19)6-7-16(17)20/h3-10H,1-2H3,(H,22,24). The van der Waals surface area contributed by atoms with Crippen LogP contribution in [0.15, 0.2) is 48.7 Å². The number of benzene rings is 2. The van der Waals surface area contributed by atoms with Gasteiger partial charge in [-0.1, -0.05) is 12.1 Å². The van der Waals surface area contributed by atoms with Crippen LogP contribution in [-0.2, 0) is 0 Å². The van der Waals surface area contributed by atoms with Gasteiger partial charge in [0.2, 0.25) is 0 Å². The maximum absolute atomic E-state index is 13.7. The van der Waals surface area contributed by atoms with Crippen molar-refractivity contribution in [3.05, 3.63) is 77.1 Å². The van der Waals surface area contributed by atoms with Gasteiger partial charge >= 0.3 is 0 Å². The van der Waals surface area contributed by atoms with Crippen molar-refractivity contribution in [2.75, 3.05) is 5.32 Å². The summed E-state index contributed by atoms with van der Waals surface area (Å²) in [5.74, 6) is -1.87. The highest BCUT2D eigenvalue weighted by Gasteiger charge is 2.17. The van der Waals surface area contributed by atoms with Gasteiger partial charge in [0.1, 0.15) is 11.6 Å². The number of hydrogen-bond acceptors (Lipinski definition) is 2. The molecular weight excluding hydrogens is 312 g/mol. The van der Waals surface area contributed by atoms with Crippen molar-refractivity contribution in [2.24, 2.45) is 0 Å². The fourth-order valence-electron chi connectivity index (χ4n) is 2.44. The molecule has 3 rings (SSSR count). The first-order valence-corrected chi connectivity index (χ1v) is 7.34. The number of hydrogen-bond donors (Lipinski definition) is 1. The predicted molar refractivity (Wildman–Crippen MR) is 87.3 cm³/mol. The molecule has 0 saturated carbocycles. The molecule has 6 heteroatoms. The Balaban J connectivity index is 1.90. The summed E-state index contributed by atoms with van der Waals surface area (Å²) in [6.45, 7) is 3.70. The van der Waals surface area contributed by atoms with E-state index in [0.717, 1.165) is 29.4 Å². The number of carbonyl (C=O) groups excluding carboxylic acids is 1. The van der Waals surface area contributed by atoms with Gasteiger partial charge in [-0.3, -0.25) is 4.79 Å². The molecule has 0 aliphatic heterocycles. The van der Waals surface area contributed by atoms with Crippen LogP contribution in [0.1, 0.15) is 21.6 Å². The van der Waals surface area contributed by atoms with E-state index in [9.17, 15) is 13.6 Å². The largest absolute Gasteiger partial charge is 0.319 e. The van der Waals surface area contributed by atoms with E-state index in [0.29, 0.717) is 11.3 Å². The number of anilines is 1. The summed E-state index contributed by atoms with van der Waals surface area (Å²) >= 11 is 0. The van der Waals surface area contributed by atoms with Crippen LogP contribution in [0.25, 0.3) is 5.69 Å². The number of halogens is 2. The molecule has 4 nitrogen and oxygen atoms in total. The van der Waals surface area contributed by atoms with E-state index in [1.807, 2.05) is 31.2 Å². The van der Waals surface area contributed by atoms with E-state index in [-0.39, 0.29) is 5.69 Å². The van der Waals surface area contributed by atoms with E-state index in [1.165, 1.54) is 6.20 Å². The Morgan fingerprint density at radius 2 is 1.92 bits per heavy atom. The zero-order chi connectivity index (χ0) is 17.3. The van der Waals surface area contributed by atoms with Crippen LogP contribution in [0, 0.1) is 25.5 Å². The third-order valence-electron chi connectivity index (χ3n) is 3.68. The second-order valence-corrected chi connectivity index (χ2v) is 5.47. The summed E-state index contributed by atoms with van der Waals surface area (Å²) in [5.41, 5.74) is 2.58. The Hall–Kier alpha value is -3.02. The number of rotatable bonds is 3. The molecule has 1 N–H and O–H groups in total. The van der Waals surface area contributed by atoms with Crippen LogP contribution < -0.4 is 5.32 Å². The van der Waals surface area contributed by atoms with Crippen LogP contribution in [0.5, 0.6) is 0 Å². The van der Waals surface area contributed by atoms with E-state index in [2.05, 4.69) is 10.4 Å². The van der Waals surface area contributed by atoms with Crippen molar-refractivity contribution >= 4 is 11.6 Å². The Morgan fingerprint density at radius 1 is 1.12 bits per heavy atom. The summed E-state index contributed by atoms with van der Waals surface area (Å²) in [5, 5.41) is 6.59. The molecule has 1 aromatic heterocycles. The highest BCUT2D eigenvalue weighted by molar-refractivity contribution is 6.05. The van der Waals surface area contributed by atoms with Crippen LogP contribution in [-0.4, -0.2) is 15.7 Å². The molecule has 0 aliphatic carbocycles. The maximum atomic E-state index is 13.7. The second-order valence-electron chi connectivity index (χ2n) is 5.47. The molecule has 122 valence electrons. The number of amides is 1. The van der Waals surface area contributed by atoms with Gasteiger partial charge in [0.25, 0.3) is 5.91 Å². The molecule has 1 amide bonds. The number of aromatic nitrogens is 2. The summed E-state index contributed by atoms with van der Waals surface area (Å²) in [4.78, 5) is 12.4. The van der Waals surface area contributed by atoms with Gasteiger partial charge in [0.15, 0.2) is 0 Å². The number of nitrogens with zero attached hydrogens (tertiary/aromatic N) is 2. The molecular formula is C18H15F2N3O. The van der Waals surface area contributed by atoms with Crippen LogP contribution in [0.3, 0.4) is 0 Å². The summed E-state index contributed by atoms with van der Waals surface area (Å²) in [7, 11) is 0. The lowest BCUT2D eigenvalue weighted by atomic mass is 10.2. The quantitative estimate of drug-likeness (QED) is 0.790. The Labute approximate surface area is 137 Å². The third-order valence-corrected chi connectivity index (χ3v) is 3.68. The molecule has 0 bridgehead atoms. The highest BCUT2D eigenvalue weighted by atomic mass is 19.1. The molecule has 0 aliphatic rings. The normalized spacial score (nSPS) is 10.7. The summed E-state index contributed by atoms with van der Waals surface area (Å²) in [6, 6.07) is 10.6. The number of aryl methyl sites for hydroxylation is 1. The zero-order valence-corrected chi connectivity index (χ0v) is 13.2. The number of carbonyl (C=O) groups is 1. The minimum Gasteiger partial charge on any atom is -0.319 e. The third kappa shape index (κ3) is 3.03. The Kier molecular flexibility index (Phi) is 4.12. The number of nitrogens with one attached hydrogen (secondary N) is 1. The SMILES string of the molecule is Cc1cccc(-n2ncc(C(=O)Nc3cc(F)ccc3F)c2C)c1.